The Labute approximate surface area is 148 Å². The lowest BCUT2D eigenvalue weighted by atomic mass is 10.1. The van der Waals surface area contributed by atoms with Crippen molar-refractivity contribution < 1.29 is 18.8 Å². The van der Waals surface area contributed by atoms with Gasteiger partial charge in [0.05, 0.1) is 0 Å². The van der Waals surface area contributed by atoms with E-state index in [1.54, 1.807) is 24.3 Å². The summed E-state index contributed by atoms with van der Waals surface area (Å²) in [6, 6.07) is 14.3. The zero-order valence-corrected chi connectivity index (χ0v) is 13.7. The summed E-state index contributed by atoms with van der Waals surface area (Å²) in [4.78, 5) is 12.2. The van der Waals surface area contributed by atoms with Gasteiger partial charge >= 0.3 is 0 Å². The number of carbonyl (C=O) groups excluding carboxylic acids is 1. The summed E-state index contributed by atoms with van der Waals surface area (Å²) in [5, 5.41) is 7.20. The maximum atomic E-state index is 12.2. The summed E-state index contributed by atoms with van der Waals surface area (Å²) >= 11 is 5.96. The largest absolute Gasteiger partial charge is 0.454 e. The second-order valence-electron chi connectivity index (χ2n) is 5.46. The molecule has 0 bridgehead atoms. The summed E-state index contributed by atoms with van der Waals surface area (Å²) in [6.45, 7) is 0.561. The van der Waals surface area contributed by atoms with Gasteiger partial charge in [-0.1, -0.05) is 35.0 Å². The Morgan fingerprint density at radius 1 is 1.12 bits per heavy atom. The quantitative estimate of drug-likeness (QED) is 0.772. The second kappa shape index (κ2) is 6.49. The molecule has 0 fully saturated rings. The van der Waals surface area contributed by atoms with E-state index >= 15 is 0 Å². The number of fused-ring (bicyclic) bond motifs is 1. The fraction of sp³-hybridized carbons (Fsp3) is 0.111. The first kappa shape index (κ1) is 15.5. The highest BCUT2D eigenvalue weighted by Gasteiger charge is 2.16. The number of carbonyl (C=O) groups is 1. The van der Waals surface area contributed by atoms with Crippen molar-refractivity contribution in [3.63, 3.8) is 0 Å². The molecule has 3 aromatic rings. The van der Waals surface area contributed by atoms with E-state index in [-0.39, 0.29) is 18.4 Å². The Hall–Kier alpha value is -2.99. The van der Waals surface area contributed by atoms with Crippen LogP contribution >= 0.6 is 11.6 Å². The van der Waals surface area contributed by atoms with Crippen LogP contribution in [0.3, 0.4) is 0 Å². The van der Waals surface area contributed by atoms with Crippen molar-refractivity contribution in [2.45, 2.75) is 6.54 Å². The number of hydrogen-bond acceptors (Lipinski definition) is 5. The first-order valence-electron chi connectivity index (χ1n) is 7.58. The number of amides is 1. The molecule has 6 nitrogen and oxygen atoms in total. The van der Waals surface area contributed by atoms with E-state index in [4.69, 9.17) is 25.6 Å². The summed E-state index contributed by atoms with van der Waals surface area (Å²) < 4.78 is 15.8. The molecule has 0 saturated carbocycles. The molecule has 0 atom stereocenters. The van der Waals surface area contributed by atoms with Crippen LogP contribution in [-0.4, -0.2) is 17.9 Å². The van der Waals surface area contributed by atoms with Gasteiger partial charge in [-0.15, -0.1) is 0 Å². The van der Waals surface area contributed by atoms with Crippen LogP contribution in [0.2, 0.25) is 5.02 Å². The predicted molar refractivity (Wildman–Crippen MR) is 90.7 cm³/mol. The van der Waals surface area contributed by atoms with E-state index in [1.165, 1.54) is 0 Å². The summed E-state index contributed by atoms with van der Waals surface area (Å²) in [6.07, 6.45) is 0. The summed E-state index contributed by atoms with van der Waals surface area (Å²) in [5.74, 6) is 1.54. The molecule has 25 heavy (non-hydrogen) atoms. The highest BCUT2D eigenvalue weighted by atomic mass is 35.5. The molecule has 7 heteroatoms. The maximum absolute atomic E-state index is 12.2. The molecule has 1 aromatic heterocycles. The molecule has 1 aliphatic rings. The Bertz CT molecular complexity index is 938. The topological polar surface area (TPSA) is 73.6 Å². The summed E-state index contributed by atoms with van der Waals surface area (Å²) in [5.41, 5.74) is 1.86. The van der Waals surface area contributed by atoms with Crippen LogP contribution in [0.5, 0.6) is 11.5 Å². The van der Waals surface area contributed by atoms with Crippen molar-refractivity contribution in [3.8, 4) is 22.8 Å². The number of aromatic nitrogens is 1. The van der Waals surface area contributed by atoms with Crippen LogP contribution in [0.1, 0.15) is 16.1 Å². The van der Waals surface area contributed by atoms with Crippen LogP contribution in [0.25, 0.3) is 11.3 Å². The lowest BCUT2D eigenvalue weighted by Crippen LogP contribution is -2.22. The second-order valence-corrected chi connectivity index (χ2v) is 5.89. The van der Waals surface area contributed by atoms with Gasteiger partial charge in [0.15, 0.2) is 23.0 Å². The van der Waals surface area contributed by atoms with Gasteiger partial charge in [-0.2, -0.15) is 0 Å². The molecule has 126 valence electrons. The van der Waals surface area contributed by atoms with Crippen molar-refractivity contribution in [1.29, 1.82) is 0 Å². The Kier molecular flexibility index (Phi) is 4.03. The number of hydrogen-bond donors (Lipinski definition) is 1. The fourth-order valence-corrected chi connectivity index (χ4v) is 2.67. The van der Waals surface area contributed by atoms with E-state index in [0.717, 1.165) is 11.1 Å². The smallest absolute Gasteiger partial charge is 0.273 e. The minimum Gasteiger partial charge on any atom is -0.454 e. The van der Waals surface area contributed by atoms with Gasteiger partial charge in [0, 0.05) is 23.2 Å². The molecule has 2 heterocycles. The molecule has 4 rings (SSSR count). The van der Waals surface area contributed by atoms with Crippen LogP contribution in [-0.2, 0) is 6.54 Å². The number of nitrogens with zero attached hydrogens (tertiary/aromatic N) is 1. The van der Waals surface area contributed by atoms with Crippen molar-refractivity contribution in [2.24, 2.45) is 0 Å². The average Bonchev–Trinajstić information content (AvgIpc) is 3.28. The first-order valence-corrected chi connectivity index (χ1v) is 7.96. The highest BCUT2D eigenvalue weighted by Crippen LogP contribution is 2.32. The molecule has 0 saturated heterocycles. The monoisotopic (exact) mass is 356 g/mol. The Morgan fingerprint density at radius 2 is 2.00 bits per heavy atom. The van der Waals surface area contributed by atoms with Gasteiger partial charge in [0.1, 0.15) is 0 Å². The van der Waals surface area contributed by atoms with E-state index in [0.29, 0.717) is 28.8 Å². The van der Waals surface area contributed by atoms with E-state index in [1.807, 2.05) is 24.3 Å². The third kappa shape index (κ3) is 3.29. The molecule has 1 aliphatic heterocycles. The molecule has 1 N–H and O–H groups in total. The lowest BCUT2D eigenvalue weighted by molar-refractivity contribution is 0.0942. The Balaban J connectivity index is 1.43. The molecule has 0 aliphatic carbocycles. The molecule has 0 spiro atoms. The molecule has 1 amide bonds. The minimum atomic E-state index is -0.324. The van der Waals surface area contributed by atoms with Gasteiger partial charge < -0.3 is 19.3 Å². The van der Waals surface area contributed by atoms with Gasteiger partial charge in [0.2, 0.25) is 6.79 Å². The number of rotatable bonds is 4. The third-order valence-electron chi connectivity index (χ3n) is 3.74. The maximum Gasteiger partial charge on any atom is 0.273 e. The van der Waals surface area contributed by atoms with E-state index in [2.05, 4.69) is 10.5 Å². The standard InChI is InChI=1S/C18H13ClN2O4/c19-13-3-1-2-12(7-13)16-8-14(21-25-16)18(22)20-9-11-4-5-15-17(6-11)24-10-23-15/h1-8H,9-10H2,(H,20,22). The molecule has 2 aromatic carbocycles. The van der Waals surface area contributed by atoms with Crippen molar-refractivity contribution >= 4 is 17.5 Å². The minimum absolute atomic E-state index is 0.204. The lowest BCUT2D eigenvalue weighted by Gasteiger charge is -2.04. The van der Waals surface area contributed by atoms with Gasteiger partial charge in [-0.3, -0.25) is 4.79 Å². The van der Waals surface area contributed by atoms with Crippen molar-refractivity contribution in [2.75, 3.05) is 6.79 Å². The van der Waals surface area contributed by atoms with Crippen molar-refractivity contribution in [1.82, 2.24) is 10.5 Å². The van der Waals surface area contributed by atoms with E-state index < -0.39 is 0 Å². The molecular formula is C18H13ClN2O4. The number of halogens is 1. The van der Waals surface area contributed by atoms with Gasteiger partial charge in [-0.25, -0.2) is 0 Å². The molecule has 0 radical (unpaired) electrons. The van der Waals surface area contributed by atoms with Gasteiger partial charge in [-0.05, 0) is 29.8 Å². The van der Waals surface area contributed by atoms with Gasteiger partial charge in [0.25, 0.3) is 5.91 Å². The number of ether oxygens (including phenoxy) is 2. The fourth-order valence-electron chi connectivity index (χ4n) is 2.48. The van der Waals surface area contributed by atoms with Crippen LogP contribution in [0.4, 0.5) is 0 Å². The van der Waals surface area contributed by atoms with E-state index in [9.17, 15) is 4.79 Å². The number of benzene rings is 2. The molecular weight excluding hydrogens is 344 g/mol. The molecule has 0 unspecified atom stereocenters. The zero-order valence-electron chi connectivity index (χ0n) is 13.0. The Morgan fingerprint density at radius 3 is 2.88 bits per heavy atom. The van der Waals surface area contributed by atoms with Crippen molar-refractivity contribution in [3.05, 3.63) is 64.8 Å². The highest BCUT2D eigenvalue weighted by molar-refractivity contribution is 6.30. The normalized spacial score (nSPS) is 12.2. The first-order chi connectivity index (χ1) is 12.2. The predicted octanol–water partition coefficient (Wildman–Crippen LogP) is 3.65. The SMILES string of the molecule is O=C(NCc1ccc2c(c1)OCO2)c1cc(-c2cccc(Cl)c2)on1. The van der Waals surface area contributed by atoms with Crippen LogP contribution < -0.4 is 14.8 Å². The third-order valence-corrected chi connectivity index (χ3v) is 3.98. The van der Waals surface area contributed by atoms with Crippen LogP contribution in [0.15, 0.2) is 53.1 Å². The van der Waals surface area contributed by atoms with Crippen LogP contribution in [0, 0.1) is 0 Å². The number of nitrogens with one attached hydrogen (secondary N) is 1. The average molecular weight is 357 g/mol. The zero-order chi connectivity index (χ0) is 17.2. The summed E-state index contributed by atoms with van der Waals surface area (Å²) in [7, 11) is 0.